The zero-order chi connectivity index (χ0) is 20.0. The maximum atomic E-state index is 14.2. The number of hydrogen-bond donors (Lipinski definition) is 1. The number of hydrogen-bond acceptors (Lipinski definition) is 3. The predicted molar refractivity (Wildman–Crippen MR) is 110 cm³/mol. The number of H-pyrrole nitrogens is 1. The Morgan fingerprint density at radius 3 is 2.72 bits per heavy atom. The van der Waals surface area contributed by atoms with Gasteiger partial charge in [0.05, 0.1) is 5.69 Å². The third kappa shape index (κ3) is 3.25. The summed E-state index contributed by atoms with van der Waals surface area (Å²) in [7, 11) is 0. The maximum Gasteiger partial charge on any atom is 0.331 e. The molecule has 0 unspecified atom stereocenters. The second-order valence-electron chi connectivity index (χ2n) is 7.63. The van der Waals surface area contributed by atoms with Gasteiger partial charge in [0.1, 0.15) is 11.5 Å². The van der Waals surface area contributed by atoms with Crippen LogP contribution in [-0.4, -0.2) is 25.8 Å². The van der Waals surface area contributed by atoms with Gasteiger partial charge in [-0.3, -0.25) is 9.30 Å². The van der Waals surface area contributed by atoms with Gasteiger partial charge < -0.3 is 4.98 Å². The van der Waals surface area contributed by atoms with Crippen molar-refractivity contribution in [3.05, 3.63) is 93.4 Å². The SMILES string of the molecule is Cc1ccc(CN2CCc3[nH]c(=O)n4cc(-c5ccccc5F)nc4c3C2)cc1. The lowest BCUT2D eigenvalue weighted by atomic mass is 10.1. The highest BCUT2D eigenvalue weighted by Crippen LogP contribution is 2.26. The molecule has 0 atom stereocenters. The highest BCUT2D eigenvalue weighted by Gasteiger charge is 2.23. The topological polar surface area (TPSA) is 53.4 Å². The minimum Gasteiger partial charge on any atom is -0.310 e. The van der Waals surface area contributed by atoms with E-state index < -0.39 is 0 Å². The van der Waals surface area contributed by atoms with E-state index in [1.54, 1.807) is 24.4 Å². The normalized spacial score (nSPS) is 14.3. The van der Waals surface area contributed by atoms with E-state index in [2.05, 4.69) is 46.1 Å². The minimum absolute atomic E-state index is 0.235. The van der Waals surface area contributed by atoms with Crippen LogP contribution in [0.15, 0.2) is 59.5 Å². The van der Waals surface area contributed by atoms with Crippen molar-refractivity contribution in [2.75, 3.05) is 6.54 Å². The van der Waals surface area contributed by atoms with Crippen LogP contribution < -0.4 is 5.69 Å². The second kappa shape index (κ2) is 6.97. The number of rotatable bonds is 3. The summed E-state index contributed by atoms with van der Waals surface area (Å²) in [5.41, 5.74) is 5.68. The lowest BCUT2D eigenvalue weighted by molar-refractivity contribution is 0.243. The Labute approximate surface area is 167 Å². The fraction of sp³-hybridized carbons (Fsp3) is 0.217. The first-order chi connectivity index (χ1) is 14.1. The molecule has 29 heavy (non-hydrogen) atoms. The van der Waals surface area contributed by atoms with E-state index in [1.807, 2.05) is 0 Å². The van der Waals surface area contributed by atoms with Crippen LogP contribution in [-0.2, 0) is 19.5 Å². The average Bonchev–Trinajstić information content (AvgIpc) is 3.17. The van der Waals surface area contributed by atoms with Crippen LogP contribution >= 0.6 is 0 Å². The molecule has 0 saturated heterocycles. The van der Waals surface area contributed by atoms with Gasteiger partial charge in [0.15, 0.2) is 0 Å². The Hall–Kier alpha value is -3.25. The first-order valence-electron chi connectivity index (χ1n) is 9.74. The average molecular weight is 388 g/mol. The number of aromatic amines is 1. The van der Waals surface area contributed by atoms with Crippen LogP contribution in [0, 0.1) is 12.7 Å². The summed E-state index contributed by atoms with van der Waals surface area (Å²) in [6, 6.07) is 15.1. The van der Waals surface area contributed by atoms with E-state index in [-0.39, 0.29) is 11.5 Å². The molecule has 0 aliphatic carbocycles. The number of benzene rings is 2. The van der Waals surface area contributed by atoms with E-state index in [0.29, 0.717) is 23.4 Å². The van der Waals surface area contributed by atoms with Gasteiger partial charge in [0, 0.05) is 49.1 Å². The Morgan fingerprint density at radius 2 is 1.93 bits per heavy atom. The number of imidazole rings is 1. The fourth-order valence-corrected chi connectivity index (χ4v) is 3.99. The van der Waals surface area contributed by atoms with E-state index in [1.165, 1.54) is 21.6 Å². The first kappa shape index (κ1) is 17.8. The van der Waals surface area contributed by atoms with Crippen LogP contribution in [0.25, 0.3) is 16.9 Å². The van der Waals surface area contributed by atoms with Crippen molar-refractivity contribution >= 4 is 5.65 Å². The molecule has 2 aromatic heterocycles. The number of fused-ring (bicyclic) bond motifs is 3. The number of nitrogens with one attached hydrogen (secondary N) is 1. The Balaban J connectivity index is 1.53. The molecule has 0 spiro atoms. The molecule has 0 bridgehead atoms. The van der Waals surface area contributed by atoms with Crippen molar-refractivity contribution in [1.29, 1.82) is 0 Å². The van der Waals surface area contributed by atoms with Crippen LogP contribution in [0.1, 0.15) is 22.4 Å². The quantitative estimate of drug-likeness (QED) is 0.582. The molecule has 146 valence electrons. The Kier molecular flexibility index (Phi) is 4.28. The van der Waals surface area contributed by atoms with Crippen molar-refractivity contribution < 1.29 is 4.39 Å². The molecule has 4 aromatic rings. The van der Waals surface area contributed by atoms with Gasteiger partial charge in [-0.15, -0.1) is 0 Å². The van der Waals surface area contributed by atoms with E-state index in [4.69, 9.17) is 0 Å². The van der Waals surface area contributed by atoms with E-state index in [9.17, 15) is 9.18 Å². The summed E-state index contributed by atoms with van der Waals surface area (Å²) in [5, 5.41) is 0. The van der Waals surface area contributed by atoms with Crippen LogP contribution in [0.4, 0.5) is 4.39 Å². The van der Waals surface area contributed by atoms with Gasteiger partial charge in [-0.05, 0) is 24.6 Å². The van der Waals surface area contributed by atoms with Crippen molar-refractivity contribution in [2.24, 2.45) is 0 Å². The van der Waals surface area contributed by atoms with Gasteiger partial charge in [0.2, 0.25) is 0 Å². The highest BCUT2D eigenvalue weighted by atomic mass is 19.1. The van der Waals surface area contributed by atoms with Crippen LogP contribution in [0.5, 0.6) is 0 Å². The third-order valence-electron chi connectivity index (χ3n) is 5.55. The fourth-order valence-electron chi connectivity index (χ4n) is 3.99. The predicted octanol–water partition coefficient (Wildman–Crippen LogP) is 3.70. The summed E-state index contributed by atoms with van der Waals surface area (Å²) in [6.07, 6.45) is 2.38. The van der Waals surface area contributed by atoms with Gasteiger partial charge >= 0.3 is 5.69 Å². The molecule has 2 aromatic carbocycles. The van der Waals surface area contributed by atoms with Crippen molar-refractivity contribution in [1.82, 2.24) is 19.3 Å². The highest BCUT2D eigenvalue weighted by molar-refractivity contribution is 5.65. The summed E-state index contributed by atoms with van der Waals surface area (Å²) >= 11 is 0. The lowest BCUT2D eigenvalue weighted by Crippen LogP contribution is -2.33. The number of nitrogens with zero attached hydrogens (tertiary/aromatic N) is 3. The molecule has 0 fully saturated rings. The van der Waals surface area contributed by atoms with Gasteiger partial charge in [0.25, 0.3) is 0 Å². The zero-order valence-electron chi connectivity index (χ0n) is 16.2. The van der Waals surface area contributed by atoms with Gasteiger partial charge in [-0.1, -0.05) is 42.0 Å². The Bertz CT molecular complexity index is 1260. The molecule has 3 heterocycles. The molecule has 5 nitrogen and oxygen atoms in total. The molecule has 5 rings (SSSR count). The van der Waals surface area contributed by atoms with Gasteiger partial charge in [-0.25, -0.2) is 14.2 Å². The molecule has 1 N–H and O–H groups in total. The van der Waals surface area contributed by atoms with E-state index in [0.717, 1.165) is 30.8 Å². The summed E-state index contributed by atoms with van der Waals surface area (Å²) in [5.74, 6) is -0.345. The number of halogens is 1. The number of aromatic nitrogens is 3. The molecular weight excluding hydrogens is 367 g/mol. The molecule has 6 heteroatoms. The first-order valence-corrected chi connectivity index (χ1v) is 9.74. The molecule has 0 saturated carbocycles. The Morgan fingerprint density at radius 1 is 1.14 bits per heavy atom. The van der Waals surface area contributed by atoms with Crippen molar-refractivity contribution in [3.63, 3.8) is 0 Å². The van der Waals surface area contributed by atoms with Crippen LogP contribution in [0.2, 0.25) is 0 Å². The van der Waals surface area contributed by atoms with Crippen LogP contribution in [0.3, 0.4) is 0 Å². The molecule has 0 radical (unpaired) electrons. The smallest absolute Gasteiger partial charge is 0.310 e. The molecular formula is C23H21FN4O. The summed E-state index contributed by atoms with van der Waals surface area (Å²) < 4.78 is 15.7. The maximum absolute atomic E-state index is 14.2. The summed E-state index contributed by atoms with van der Waals surface area (Å²) in [6.45, 7) is 4.48. The largest absolute Gasteiger partial charge is 0.331 e. The van der Waals surface area contributed by atoms with Gasteiger partial charge in [-0.2, -0.15) is 0 Å². The van der Waals surface area contributed by atoms with E-state index >= 15 is 0 Å². The molecule has 1 aliphatic rings. The molecule has 1 aliphatic heterocycles. The molecule has 0 amide bonds. The lowest BCUT2D eigenvalue weighted by Gasteiger charge is -2.28. The standard InChI is InChI=1S/C23H21FN4O/c1-15-6-8-16(9-7-15)12-27-11-10-20-18(13-27)22-25-21(14-28(22)23(29)26-20)17-4-2-3-5-19(17)24/h2-9,14H,10-13H2,1H3,(H,26,29). The third-order valence-corrected chi connectivity index (χ3v) is 5.55. The van der Waals surface area contributed by atoms with Crippen molar-refractivity contribution in [3.8, 4) is 11.3 Å². The summed E-state index contributed by atoms with van der Waals surface area (Å²) in [4.78, 5) is 22.5. The number of aryl methyl sites for hydroxylation is 1. The zero-order valence-corrected chi connectivity index (χ0v) is 16.2. The minimum atomic E-state index is -0.345. The second-order valence-corrected chi connectivity index (χ2v) is 7.63. The van der Waals surface area contributed by atoms with Crippen molar-refractivity contribution in [2.45, 2.75) is 26.4 Å². The monoisotopic (exact) mass is 388 g/mol.